The van der Waals surface area contributed by atoms with Gasteiger partial charge in [-0.25, -0.2) is 9.97 Å². The minimum atomic E-state index is -0.658. The lowest BCUT2D eigenvalue weighted by atomic mass is 9.52. The van der Waals surface area contributed by atoms with E-state index in [1.54, 1.807) is 0 Å². The Hall–Kier alpha value is -9.02. The zero-order chi connectivity index (χ0) is 47.8. The first kappa shape index (κ1) is 40.7. The van der Waals surface area contributed by atoms with E-state index >= 15 is 0 Å². The standard InChI is InChI=1S/C70H42N2S/c1-2-18-44(19-3-1)62-42-63(48-34-33-43-17-4-5-20-45(43)39-48)72-68(71-62)49-22-16-21-46(40-49)47-35-36-52-53-37-38-65-66(54-25-8-15-32-64(54)73-65)67(53)70(61(52)41-47)59-30-13-11-28-57(59)69(58-29-12-14-31-60(58)70)55-26-9-6-23-50(55)51-24-7-10-27-56(51)69/h1-42H. The van der Waals surface area contributed by atoms with E-state index in [0.29, 0.717) is 5.82 Å². The van der Waals surface area contributed by atoms with Gasteiger partial charge in [0.15, 0.2) is 5.82 Å². The summed E-state index contributed by atoms with van der Waals surface area (Å²) in [4.78, 5) is 10.7. The van der Waals surface area contributed by atoms with Crippen LogP contribution in [0, 0.1) is 0 Å². The molecule has 16 rings (SSSR count). The highest BCUT2D eigenvalue weighted by Gasteiger charge is 2.59. The summed E-state index contributed by atoms with van der Waals surface area (Å²) in [5.41, 5.74) is 21.9. The van der Waals surface area contributed by atoms with Crippen molar-refractivity contribution >= 4 is 42.3 Å². The summed E-state index contributed by atoms with van der Waals surface area (Å²) in [5, 5.41) is 5.05. The molecule has 0 aliphatic heterocycles. The van der Waals surface area contributed by atoms with Gasteiger partial charge in [-0.05, 0) is 125 Å². The molecule has 338 valence electrons. The SMILES string of the molecule is c1ccc(-c2cc(-c3ccc4ccccc4c3)nc(-c3cccc(-c4ccc5c(c4)C4(c6ccccc6C6(c7ccccc7-c7ccccc76)c6ccccc64)c4c-5ccc5sc6ccccc6c45)c3)n2)cc1. The Bertz CT molecular complexity index is 4370. The molecule has 2 nitrogen and oxygen atoms in total. The molecule has 73 heavy (non-hydrogen) atoms. The highest BCUT2D eigenvalue weighted by molar-refractivity contribution is 7.25. The van der Waals surface area contributed by atoms with Crippen molar-refractivity contribution in [2.45, 2.75) is 10.8 Å². The van der Waals surface area contributed by atoms with Crippen LogP contribution in [0.1, 0.15) is 44.5 Å². The van der Waals surface area contributed by atoms with E-state index in [0.717, 1.165) is 39.2 Å². The number of rotatable bonds is 4. The Morgan fingerprint density at radius 1 is 0.288 bits per heavy atom. The van der Waals surface area contributed by atoms with Crippen LogP contribution in [0.3, 0.4) is 0 Å². The Balaban J connectivity index is 0.951. The molecule has 2 aromatic heterocycles. The predicted octanol–water partition coefficient (Wildman–Crippen LogP) is 17.7. The number of hydrogen-bond donors (Lipinski definition) is 0. The second kappa shape index (κ2) is 15.2. The van der Waals surface area contributed by atoms with Crippen LogP contribution in [-0.2, 0) is 10.8 Å². The van der Waals surface area contributed by atoms with Crippen molar-refractivity contribution in [2.75, 3.05) is 0 Å². The van der Waals surface area contributed by atoms with Gasteiger partial charge in [0.05, 0.1) is 22.2 Å². The summed E-state index contributed by atoms with van der Waals surface area (Å²) in [6.45, 7) is 0. The topological polar surface area (TPSA) is 25.8 Å². The zero-order valence-electron chi connectivity index (χ0n) is 39.6. The number of nitrogens with zero attached hydrogens (tertiary/aromatic N) is 2. The quantitative estimate of drug-likeness (QED) is 0.176. The molecule has 0 unspecified atom stereocenters. The third kappa shape index (κ3) is 5.52. The van der Waals surface area contributed by atoms with Crippen LogP contribution < -0.4 is 0 Å². The summed E-state index contributed by atoms with van der Waals surface area (Å²) < 4.78 is 2.62. The molecule has 3 heteroatoms. The molecule has 0 fully saturated rings. The van der Waals surface area contributed by atoms with Gasteiger partial charge in [-0.3, -0.25) is 0 Å². The normalized spacial score (nSPS) is 14.0. The largest absolute Gasteiger partial charge is 0.228 e. The summed E-state index contributed by atoms with van der Waals surface area (Å²) >= 11 is 1.90. The predicted molar refractivity (Wildman–Crippen MR) is 302 cm³/mol. The Morgan fingerprint density at radius 2 is 0.822 bits per heavy atom. The van der Waals surface area contributed by atoms with E-state index < -0.39 is 10.8 Å². The van der Waals surface area contributed by atoms with E-state index in [1.807, 2.05) is 11.3 Å². The van der Waals surface area contributed by atoms with E-state index in [-0.39, 0.29) is 0 Å². The molecule has 2 spiro atoms. The summed E-state index contributed by atoms with van der Waals surface area (Å²) in [7, 11) is 0. The molecule has 2 heterocycles. The molecule has 3 aliphatic carbocycles. The van der Waals surface area contributed by atoms with Crippen LogP contribution in [0.5, 0.6) is 0 Å². The first-order valence-corrected chi connectivity index (χ1v) is 26.0. The van der Waals surface area contributed by atoms with Gasteiger partial charge in [0.1, 0.15) is 0 Å². The van der Waals surface area contributed by atoms with E-state index in [2.05, 4.69) is 255 Å². The lowest BCUT2D eigenvalue weighted by molar-refractivity contribution is 0.636. The molecule has 0 bridgehead atoms. The van der Waals surface area contributed by atoms with E-state index in [1.165, 1.54) is 97.7 Å². The maximum absolute atomic E-state index is 5.35. The number of benzene rings is 11. The van der Waals surface area contributed by atoms with Crippen LogP contribution in [0.2, 0.25) is 0 Å². The van der Waals surface area contributed by atoms with Crippen molar-refractivity contribution in [1.82, 2.24) is 9.97 Å². The van der Waals surface area contributed by atoms with Crippen LogP contribution in [0.15, 0.2) is 255 Å². The Labute approximate surface area is 427 Å². The average Bonchev–Trinajstić information content (AvgIpc) is 4.09. The van der Waals surface area contributed by atoms with Gasteiger partial charge < -0.3 is 0 Å². The van der Waals surface area contributed by atoms with Gasteiger partial charge in [0.2, 0.25) is 0 Å². The third-order valence-corrected chi connectivity index (χ3v) is 17.5. The highest BCUT2D eigenvalue weighted by Crippen LogP contribution is 2.69. The number of aromatic nitrogens is 2. The minimum absolute atomic E-state index is 0.523. The number of fused-ring (bicyclic) bond motifs is 21. The van der Waals surface area contributed by atoms with Crippen LogP contribution in [0.4, 0.5) is 0 Å². The second-order valence-electron chi connectivity index (χ2n) is 19.9. The maximum atomic E-state index is 5.35. The summed E-state index contributed by atoms with van der Waals surface area (Å²) in [5.74, 6) is 0.695. The van der Waals surface area contributed by atoms with E-state index in [4.69, 9.17) is 9.97 Å². The van der Waals surface area contributed by atoms with Crippen molar-refractivity contribution in [3.05, 3.63) is 299 Å². The first-order valence-electron chi connectivity index (χ1n) is 25.2. The molecule has 0 saturated carbocycles. The smallest absolute Gasteiger partial charge is 0.160 e. The Kier molecular flexibility index (Phi) is 8.50. The van der Waals surface area contributed by atoms with Gasteiger partial charge in [-0.15, -0.1) is 11.3 Å². The van der Waals surface area contributed by atoms with Crippen molar-refractivity contribution < 1.29 is 0 Å². The monoisotopic (exact) mass is 942 g/mol. The van der Waals surface area contributed by atoms with Gasteiger partial charge >= 0.3 is 0 Å². The molecule has 0 saturated heterocycles. The molecule has 11 aromatic carbocycles. The van der Waals surface area contributed by atoms with Crippen molar-refractivity contribution in [2.24, 2.45) is 0 Å². The van der Waals surface area contributed by atoms with Crippen molar-refractivity contribution in [3.8, 4) is 67.3 Å². The number of hydrogen-bond acceptors (Lipinski definition) is 3. The van der Waals surface area contributed by atoms with E-state index in [9.17, 15) is 0 Å². The maximum Gasteiger partial charge on any atom is 0.160 e. The fourth-order valence-electron chi connectivity index (χ4n) is 13.4. The lowest BCUT2D eigenvalue weighted by Crippen LogP contribution is -2.43. The van der Waals surface area contributed by atoms with Gasteiger partial charge in [-0.1, -0.05) is 218 Å². The van der Waals surface area contributed by atoms with Gasteiger partial charge in [-0.2, -0.15) is 0 Å². The molecule has 3 aliphatic rings. The molecule has 13 aromatic rings. The fourth-order valence-corrected chi connectivity index (χ4v) is 14.6. The van der Waals surface area contributed by atoms with Crippen molar-refractivity contribution in [1.29, 1.82) is 0 Å². The fraction of sp³-hybridized carbons (Fsp3) is 0.0286. The first-order chi connectivity index (χ1) is 36.2. The Morgan fingerprint density at radius 3 is 1.56 bits per heavy atom. The molecular weight excluding hydrogens is 901 g/mol. The third-order valence-electron chi connectivity index (χ3n) is 16.3. The molecule has 0 amide bonds. The average molecular weight is 943 g/mol. The van der Waals surface area contributed by atoms with Gasteiger partial charge in [0.25, 0.3) is 0 Å². The zero-order valence-corrected chi connectivity index (χ0v) is 40.4. The van der Waals surface area contributed by atoms with Gasteiger partial charge in [0, 0.05) is 36.9 Å². The van der Waals surface area contributed by atoms with Crippen LogP contribution >= 0.6 is 11.3 Å². The molecule has 0 atom stereocenters. The highest BCUT2D eigenvalue weighted by atomic mass is 32.1. The molecule has 0 N–H and O–H groups in total. The summed E-state index contributed by atoms with van der Waals surface area (Å²) in [6, 6.07) is 94.9. The van der Waals surface area contributed by atoms with Crippen LogP contribution in [0.25, 0.3) is 98.2 Å². The summed E-state index contributed by atoms with van der Waals surface area (Å²) in [6.07, 6.45) is 0. The molecular formula is C70H42N2S. The lowest BCUT2D eigenvalue weighted by Gasteiger charge is -2.49. The van der Waals surface area contributed by atoms with Crippen LogP contribution in [-0.4, -0.2) is 9.97 Å². The second-order valence-corrected chi connectivity index (χ2v) is 21.0. The van der Waals surface area contributed by atoms with Crippen molar-refractivity contribution in [3.63, 3.8) is 0 Å². The molecule has 0 radical (unpaired) electrons. The minimum Gasteiger partial charge on any atom is -0.228 e. The number of thiophene rings is 1.